The van der Waals surface area contributed by atoms with Gasteiger partial charge < -0.3 is 15.7 Å². The van der Waals surface area contributed by atoms with Gasteiger partial charge in [0.1, 0.15) is 0 Å². The molecule has 5 heteroatoms. The minimum atomic E-state index is 0.266. The second-order valence-electron chi connectivity index (χ2n) is 4.17. The van der Waals surface area contributed by atoms with Crippen LogP contribution in [-0.2, 0) is 6.54 Å². The molecule has 2 heterocycles. The van der Waals surface area contributed by atoms with Crippen molar-refractivity contribution >= 4 is 5.95 Å². The highest BCUT2D eigenvalue weighted by Crippen LogP contribution is 2.22. The molecule has 0 bridgehead atoms. The fourth-order valence-electron chi connectivity index (χ4n) is 2.08. The molecule has 3 N–H and O–H groups in total. The smallest absolute Gasteiger partial charge is 0.225 e. The van der Waals surface area contributed by atoms with Crippen LogP contribution in [0.5, 0.6) is 0 Å². The summed E-state index contributed by atoms with van der Waals surface area (Å²) >= 11 is 0. The summed E-state index contributed by atoms with van der Waals surface area (Å²) < 4.78 is 0. The van der Waals surface area contributed by atoms with Crippen LogP contribution < -0.4 is 10.6 Å². The van der Waals surface area contributed by atoms with Crippen LogP contribution in [0, 0.1) is 5.92 Å². The molecule has 1 fully saturated rings. The molecule has 0 spiro atoms. The van der Waals surface area contributed by atoms with Gasteiger partial charge in [-0.15, -0.1) is 0 Å². The van der Waals surface area contributed by atoms with Gasteiger partial charge in [-0.2, -0.15) is 0 Å². The number of hydrogen-bond donors (Lipinski definition) is 2. The van der Waals surface area contributed by atoms with Crippen molar-refractivity contribution in [3.63, 3.8) is 0 Å². The highest BCUT2D eigenvalue weighted by atomic mass is 16.3. The normalized spacial score (nSPS) is 20.4. The SMILES string of the molecule is NCc1ccnc(N2CCC(CCO)C2)n1. The monoisotopic (exact) mass is 222 g/mol. The van der Waals surface area contributed by atoms with E-state index in [0.717, 1.165) is 37.6 Å². The number of nitrogens with two attached hydrogens (primary N) is 1. The summed E-state index contributed by atoms with van der Waals surface area (Å²) in [4.78, 5) is 10.8. The fraction of sp³-hybridized carbons (Fsp3) is 0.636. The summed E-state index contributed by atoms with van der Waals surface area (Å²) in [5, 5.41) is 8.90. The van der Waals surface area contributed by atoms with Gasteiger partial charge in [0.15, 0.2) is 0 Å². The molecule has 1 aromatic rings. The first-order chi connectivity index (χ1) is 7.83. The first-order valence-electron chi connectivity index (χ1n) is 5.71. The number of aliphatic hydroxyl groups is 1. The van der Waals surface area contributed by atoms with Gasteiger partial charge in [0.25, 0.3) is 0 Å². The van der Waals surface area contributed by atoms with Gasteiger partial charge in [0, 0.05) is 32.4 Å². The lowest BCUT2D eigenvalue weighted by Gasteiger charge is -2.16. The Morgan fingerprint density at radius 3 is 3.19 bits per heavy atom. The second kappa shape index (κ2) is 5.23. The number of rotatable bonds is 4. The van der Waals surface area contributed by atoms with Crippen molar-refractivity contribution in [2.75, 3.05) is 24.6 Å². The summed E-state index contributed by atoms with van der Waals surface area (Å²) in [6.45, 7) is 2.62. The molecule has 0 radical (unpaired) electrons. The molecule has 1 atom stereocenters. The van der Waals surface area contributed by atoms with E-state index in [9.17, 15) is 0 Å². The van der Waals surface area contributed by atoms with Crippen molar-refractivity contribution in [1.29, 1.82) is 0 Å². The van der Waals surface area contributed by atoms with Gasteiger partial charge in [-0.05, 0) is 24.8 Å². The Morgan fingerprint density at radius 1 is 1.56 bits per heavy atom. The zero-order chi connectivity index (χ0) is 11.4. The predicted octanol–water partition coefficient (Wildman–Crippen LogP) is 0.144. The quantitative estimate of drug-likeness (QED) is 0.758. The Hall–Kier alpha value is -1.20. The van der Waals surface area contributed by atoms with E-state index in [1.807, 2.05) is 6.07 Å². The molecule has 1 aliphatic rings. The van der Waals surface area contributed by atoms with E-state index in [0.29, 0.717) is 12.5 Å². The lowest BCUT2D eigenvalue weighted by atomic mass is 10.1. The molecule has 88 valence electrons. The maximum atomic E-state index is 8.90. The molecule has 5 nitrogen and oxygen atoms in total. The van der Waals surface area contributed by atoms with Crippen molar-refractivity contribution in [2.24, 2.45) is 11.7 Å². The average molecular weight is 222 g/mol. The van der Waals surface area contributed by atoms with E-state index in [2.05, 4.69) is 14.9 Å². The lowest BCUT2D eigenvalue weighted by molar-refractivity contribution is 0.263. The Kier molecular flexibility index (Phi) is 3.69. The van der Waals surface area contributed by atoms with Crippen LogP contribution in [0.1, 0.15) is 18.5 Å². The van der Waals surface area contributed by atoms with Crippen molar-refractivity contribution in [3.05, 3.63) is 18.0 Å². The number of nitrogens with zero attached hydrogens (tertiary/aromatic N) is 3. The molecule has 2 rings (SSSR count). The van der Waals surface area contributed by atoms with Gasteiger partial charge >= 0.3 is 0 Å². The van der Waals surface area contributed by atoms with Crippen LogP contribution in [0.2, 0.25) is 0 Å². The first kappa shape index (κ1) is 11.3. The fourth-order valence-corrected chi connectivity index (χ4v) is 2.08. The number of aromatic nitrogens is 2. The molecule has 16 heavy (non-hydrogen) atoms. The Morgan fingerprint density at radius 2 is 2.44 bits per heavy atom. The molecule has 0 aliphatic carbocycles. The van der Waals surface area contributed by atoms with E-state index < -0.39 is 0 Å². The standard InChI is InChI=1S/C11H18N4O/c12-7-10-1-4-13-11(14-10)15-5-2-9(8-15)3-6-16/h1,4,9,16H,2-3,5-8,12H2. The van der Waals surface area contributed by atoms with Gasteiger partial charge in [0.2, 0.25) is 5.95 Å². The molecular formula is C11H18N4O. The van der Waals surface area contributed by atoms with E-state index >= 15 is 0 Å². The maximum absolute atomic E-state index is 8.90. The summed E-state index contributed by atoms with van der Waals surface area (Å²) in [6, 6.07) is 1.84. The highest BCUT2D eigenvalue weighted by Gasteiger charge is 2.23. The molecule has 0 aromatic carbocycles. The van der Waals surface area contributed by atoms with Crippen LogP contribution >= 0.6 is 0 Å². The average Bonchev–Trinajstić information content (AvgIpc) is 2.78. The van der Waals surface area contributed by atoms with Crippen LogP contribution in [-0.4, -0.2) is 34.8 Å². The summed E-state index contributed by atoms with van der Waals surface area (Å²) in [6.07, 6.45) is 3.73. The van der Waals surface area contributed by atoms with Gasteiger partial charge in [-0.1, -0.05) is 0 Å². The summed E-state index contributed by atoms with van der Waals surface area (Å²) in [5.74, 6) is 1.33. The molecule has 1 aliphatic heterocycles. The Labute approximate surface area is 95.3 Å². The Balaban J connectivity index is 2.02. The topological polar surface area (TPSA) is 75.3 Å². The Bertz CT molecular complexity index is 345. The van der Waals surface area contributed by atoms with Crippen molar-refractivity contribution < 1.29 is 5.11 Å². The molecular weight excluding hydrogens is 204 g/mol. The molecule has 1 aromatic heterocycles. The van der Waals surface area contributed by atoms with E-state index in [1.54, 1.807) is 6.20 Å². The van der Waals surface area contributed by atoms with Gasteiger partial charge in [-0.3, -0.25) is 0 Å². The van der Waals surface area contributed by atoms with Crippen LogP contribution in [0.3, 0.4) is 0 Å². The van der Waals surface area contributed by atoms with Crippen molar-refractivity contribution in [2.45, 2.75) is 19.4 Å². The van der Waals surface area contributed by atoms with Crippen LogP contribution in [0.4, 0.5) is 5.95 Å². The third-order valence-corrected chi connectivity index (χ3v) is 3.02. The number of aliphatic hydroxyl groups excluding tert-OH is 1. The largest absolute Gasteiger partial charge is 0.396 e. The van der Waals surface area contributed by atoms with Crippen molar-refractivity contribution in [1.82, 2.24) is 9.97 Å². The summed E-state index contributed by atoms with van der Waals surface area (Å²) in [5.41, 5.74) is 6.42. The second-order valence-corrected chi connectivity index (χ2v) is 4.17. The third-order valence-electron chi connectivity index (χ3n) is 3.02. The summed E-state index contributed by atoms with van der Waals surface area (Å²) in [7, 11) is 0. The molecule has 1 unspecified atom stereocenters. The van der Waals surface area contributed by atoms with Crippen LogP contribution in [0.15, 0.2) is 12.3 Å². The van der Waals surface area contributed by atoms with Crippen molar-refractivity contribution in [3.8, 4) is 0 Å². The molecule has 1 saturated heterocycles. The molecule has 0 amide bonds. The van der Waals surface area contributed by atoms with E-state index in [1.165, 1.54) is 0 Å². The molecule has 0 saturated carbocycles. The van der Waals surface area contributed by atoms with Crippen LogP contribution in [0.25, 0.3) is 0 Å². The van der Waals surface area contributed by atoms with E-state index in [4.69, 9.17) is 10.8 Å². The zero-order valence-corrected chi connectivity index (χ0v) is 9.34. The first-order valence-corrected chi connectivity index (χ1v) is 5.71. The minimum Gasteiger partial charge on any atom is -0.396 e. The number of hydrogen-bond acceptors (Lipinski definition) is 5. The number of anilines is 1. The lowest BCUT2D eigenvalue weighted by Crippen LogP contribution is -2.22. The highest BCUT2D eigenvalue weighted by molar-refractivity contribution is 5.31. The predicted molar refractivity (Wildman–Crippen MR) is 61.9 cm³/mol. The van der Waals surface area contributed by atoms with E-state index in [-0.39, 0.29) is 6.61 Å². The van der Waals surface area contributed by atoms with Gasteiger partial charge in [-0.25, -0.2) is 9.97 Å². The third kappa shape index (κ3) is 2.48. The van der Waals surface area contributed by atoms with Gasteiger partial charge in [0.05, 0.1) is 5.69 Å². The zero-order valence-electron chi connectivity index (χ0n) is 9.34. The minimum absolute atomic E-state index is 0.266. The maximum Gasteiger partial charge on any atom is 0.225 e.